The van der Waals surface area contributed by atoms with Crippen molar-refractivity contribution in [2.45, 2.75) is 84.5 Å². The topological polar surface area (TPSA) is 146 Å². The third-order valence-corrected chi connectivity index (χ3v) is 6.52. The van der Waals surface area contributed by atoms with Crippen LogP contribution in [0.3, 0.4) is 0 Å². The van der Waals surface area contributed by atoms with E-state index in [9.17, 15) is 24.6 Å². The van der Waals surface area contributed by atoms with Gasteiger partial charge in [-0.2, -0.15) is 0 Å². The molecular formula is C32H49N3O7. The van der Waals surface area contributed by atoms with Gasteiger partial charge in [-0.1, -0.05) is 13.8 Å². The molecule has 0 saturated carbocycles. The Balaban J connectivity index is 0.00000431. The van der Waals surface area contributed by atoms with E-state index in [1.807, 2.05) is 41.5 Å². The number of phenolic OH excluding ortho intramolecular Hbond substituents is 2. The number of carbonyl (C=O) groups is 3. The fourth-order valence-corrected chi connectivity index (χ4v) is 3.66. The van der Waals surface area contributed by atoms with Crippen LogP contribution in [0.5, 0.6) is 11.5 Å². The largest absolute Gasteiger partial charge is 0.508 e. The maximum Gasteiger partial charge on any atom is 0.251 e. The lowest BCUT2D eigenvalue weighted by atomic mass is 10.0. The summed E-state index contributed by atoms with van der Waals surface area (Å²) in [6.45, 7) is 12.8. The van der Waals surface area contributed by atoms with Crippen molar-refractivity contribution in [2.75, 3.05) is 26.8 Å². The molecule has 0 aromatic heterocycles. The Labute approximate surface area is 250 Å². The van der Waals surface area contributed by atoms with Crippen molar-refractivity contribution in [1.82, 2.24) is 16.0 Å². The summed E-state index contributed by atoms with van der Waals surface area (Å²) < 4.78 is 11.4. The number of rotatable bonds is 16. The first-order chi connectivity index (χ1) is 19.8. The van der Waals surface area contributed by atoms with Crippen molar-refractivity contribution >= 4 is 17.7 Å². The first-order valence-corrected chi connectivity index (χ1v) is 14.5. The zero-order chi connectivity index (χ0) is 31.8. The van der Waals surface area contributed by atoms with E-state index in [1.165, 1.54) is 48.5 Å². The number of hydrogen-bond donors (Lipinski definition) is 5. The molecule has 0 radical (unpaired) electrons. The zero-order valence-corrected chi connectivity index (χ0v) is 26.1. The number of carbonyl (C=O) groups excluding carboxylic acids is 3. The highest BCUT2D eigenvalue weighted by molar-refractivity contribution is 5.97. The second-order valence-corrected chi connectivity index (χ2v) is 10.9. The molecule has 0 saturated heterocycles. The van der Waals surface area contributed by atoms with Crippen LogP contribution in [0.1, 0.15) is 87.9 Å². The summed E-state index contributed by atoms with van der Waals surface area (Å²) in [7, 11) is 1.65. The van der Waals surface area contributed by atoms with Gasteiger partial charge < -0.3 is 35.6 Å². The second kappa shape index (κ2) is 18.0. The molecule has 10 heteroatoms. The quantitative estimate of drug-likeness (QED) is 0.181. The lowest BCUT2D eigenvalue weighted by Crippen LogP contribution is -2.50. The van der Waals surface area contributed by atoms with E-state index in [0.717, 1.165) is 0 Å². The molecule has 234 valence electrons. The molecule has 2 aromatic rings. The fraction of sp³-hybridized carbons (Fsp3) is 0.531. The van der Waals surface area contributed by atoms with Crippen molar-refractivity contribution < 1.29 is 34.1 Å². The Morgan fingerprint density at radius 2 is 1.31 bits per heavy atom. The van der Waals surface area contributed by atoms with Crippen LogP contribution in [-0.2, 0) is 14.3 Å². The predicted molar refractivity (Wildman–Crippen MR) is 164 cm³/mol. The van der Waals surface area contributed by atoms with Gasteiger partial charge >= 0.3 is 0 Å². The normalized spacial score (nSPS) is 12.0. The molecule has 1 unspecified atom stereocenters. The number of unbranched alkanes of at least 4 members (excludes halogenated alkanes) is 1. The van der Waals surface area contributed by atoms with Gasteiger partial charge in [-0.3, -0.25) is 14.4 Å². The average Bonchev–Trinajstić information content (AvgIpc) is 2.96. The van der Waals surface area contributed by atoms with Gasteiger partial charge in [0.05, 0.1) is 17.8 Å². The summed E-state index contributed by atoms with van der Waals surface area (Å²) in [6, 6.07) is 10.9. The van der Waals surface area contributed by atoms with Gasteiger partial charge in [-0.15, -0.1) is 0 Å². The van der Waals surface area contributed by atoms with Gasteiger partial charge in [0, 0.05) is 31.3 Å². The van der Waals surface area contributed by atoms with Crippen LogP contribution < -0.4 is 16.0 Å². The van der Waals surface area contributed by atoms with Crippen LogP contribution in [0, 0.1) is 0 Å². The Morgan fingerprint density at radius 3 is 1.83 bits per heavy atom. The van der Waals surface area contributed by atoms with Crippen LogP contribution in [0.4, 0.5) is 0 Å². The fourth-order valence-electron chi connectivity index (χ4n) is 3.66. The van der Waals surface area contributed by atoms with E-state index in [2.05, 4.69) is 16.0 Å². The van der Waals surface area contributed by atoms with Gasteiger partial charge in [-0.05, 0) is 102 Å². The summed E-state index contributed by atoms with van der Waals surface area (Å²) in [6.07, 6.45) is 2.20. The van der Waals surface area contributed by atoms with Crippen LogP contribution >= 0.6 is 0 Å². The third kappa shape index (κ3) is 13.8. The summed E-state index contributed by atoms with van der Waals surface area (Å²) in [5, 5.41) is 27.4. The molecule has 0 aliphatic carbocycles. The molecule has 0 spiro atoms. The number of hydrogen-bond acceptors (Lipinski definition) is 7. The minimum atomic E-state index is -0.808. The van der Waals surface area contributed by atoms with Crippen molar-refractivity contribution in [3.63, 3.8) is 0 Å². The van der Waals surface area contributed by atoms with E-state index in [0.29, 0.717) is 50.0 Å². The van der Waals surface area contributed by atoms with Gasteiger partial charge in [0.15, 0.2) is 0 Å². The lowest BCUT2D eigenvalue weighted by molar-refractivity contribution is -0.125. The van der Waals surface area contributed by atoms with Crippen LogP contribution in [0.25, 0.3) is 0 Å². The predicted octanol–water partition coefficient (Wildman–Crippen LogP) is 4.55. The van der Waals surface area contributed by atoms with E-state index >= 15 is 0 Å². The summed E-state index contributed by atoms with van der Waals surface area (Å²) in [5.74, 6) is -0.908. The first-order valence-electron chi connectivity index (χ1n) is 14.5. The Kier molecular flexibility index (Phi) is 15.6. The summed E-state index contributed by atoms with van der Waals surface area (Å²) in [5.41, 5.74) is -0.191. The number of benzene rings is 2. The van der Waals surface area contributed by atoms with E-state index in [1.54, 1.807) is 7.11 Å². The maximum absolute atomic E-state index is 13.1. The highest BCUT2D eigenvalue weighted by atomic mass is 16.5. The number of aromatic hydroxyl groups is 2. The van der Waals surface area contributed by atoms with Gasteiger partial charge in [0.25, 0.3) is 11.8 Å². The number of ether oxygens (including phenoxy) is 2. The first kappa shape index (κ1) is 36.4. The maximum atomic E-state index is 13.1. The van der Waals surface area contributed by atoms with E-state index < -0.39 is 17.6 Å². The molecule has 3 amide bonds. The molecule has 0 aliphatic rings. The van der Waals surface area contributed by atoms with Crippen molar-refractivity contribution in [3.05, 3.63) is 59.7 Å². The standard InChI is InChI=1S/C30H43N3O7.C2H6/c1-29(2,39-5)17-19-40-30(3,4)20-32-28(38)25(33-27(37)22-11-15-24(35)16-12-22)8-6-7-18-31-26(36)21-9-13-23(34)14-10-21;1-2/h9-16,25,34-35H,6-8,17-20H2,1-5H3,(H,31,36)(H,32,38)(H,33,37);1-2H3. The number of nitrogens with one attached hydrogen (secondary N) is 3. The van der Waals surface area contributed by atoms with Gasteiger partial charge in [0.1, 0.15) is 17.5 Å². The molecule has 0 fully saturated rings. The van der Waals surface area contributed by atoms with Crippen molar-refractivity contribution in [1.29, 1.82) is 0 Å². The molecule has 10 nitrogen and oxygen atoms in total. The van der Waals surface area contributed by atoms with Crippen molar-refractivity contribution in [3.8, 4) is 11.5 Å². The van der Waals surface area contributed by atoms with Gasteiger partial charge in [-0.25, -0.2) is 0 Å². The molecule has 0 heterocycles. The SMILES string of the molecule is CC.COC(C)(C)CCOC(C)(C)CNC(=O)C(CCCCNC(=O)c1ccc(O)cc1)NC(=O)c1ccc(O)cc1. The number of amides is 3. The Bertz CT molecular complexity index is 1100. The molecule has 42 heavy (non-hydrogen) atoms. The molecular weight excluding hydrogens is 538 g/mol. The van der Waals surface area contributed by atoms with Crippen LogP contribution in [0.15, 0.2) is 48.5 Å². The molecule has 1 atom stereocenters. The Hall–Kier alpha value is -3.63. The molecule has 5 N–H and O–H groups in total. The van der Waals surface area contributed by atoms with Crippen LogP contribution in [-0.4, -0.2) is 72.0 Å². The lowest BCUT2D eigenvalue weighted by Gasteiger charge is -2.29. The highest BCUT2D eigenvalue weighted by Crippen LogP contribution is 2.16. The minimum Gasteiger partial charge on any atom is -0.508 e. The third-order valence-electron chi connectivity index (χ3n) is 6.52. The van der Waals surface area contributed by atoms with Crippen LogP contribution in [0.2, 0.25) is 0 Å². The monoisotopic (exact) mass is 587 g/mol. The molecule has 2 aromatic carbocycles. The highest BCUT2D eigenvalue weighted by Gasteiger charge is 2.26. The zero-order valence-electron chi connectivity index (χ0n) is 26.1. The van der Waals surface area contributed by atoms with Crippen molar-refractivity contribution in [2.24, 2.45) is 0 Å². The second-order valence-electron chi connectivity index (χ2n) is 10.9. The molecule has 2 rings (SSSR count). The average molecular weight is 588 g/mol. The molecule has 0 bridgehead atoms. The smallest absolute Gasteiger partial charge is 0.251 e. The minimum absolute atomic E-state index is 0.0383. The molecule has 0 aliphatic heterocycles. The number of methoxy groups -OCH3 is 1. The number of phenols is 2. The van der Waals surface area contributed by atoms with E-state index in [-0.39, 0.29) is 35.5 Å². The summed E-state index contributed by atoms with van der Waals surface area (Å²) >= 11 is 0. The van der Waals surface area contributed by atoms with Gasteiger partial charge in [0.2, 0.25) is 5.91 Å². The van der Waals surface area contributed by atoms with E-state index in [4.69, 9.17) is 9.47 Å². The summed E-state index contributed by atoms with van der Waals surface area (Å²) in [4.78, 5) is 38.2. The Morgan fingerprint density at radius 1 is 0.786 bits per heavy atom.